The first kappa shape index (κ1) is 11.1. The topological polar surface area (TPSA) is 37.3 Å². The Balaban J connectivity index is 1.90. The Morgan fingerprint density at radius 1 is 1.24 bits per heavy atom. The molecule has 4 fully saturated rings. The molecule has 2 heteroatoms. The van der Waals surface area contributed by atoms with Crippen LogP contribution in [0.25, 0.3) is 0 Å². The molecule has 0 aliphatic heterocycles. The molecule has 1 N–H and O–H groups in total. The lowest BCUT2D eigenvalue weighted by molar-refractivity contribution is -0.157. The van der Waals surface area contributed by atoms with Crippen LogP contribution in [0.3, 0.4) is 0 Å². The minimum atomic E-state index is -0.662. The van der Waals surface area contributed by atoms with Crippen molar-refractivity contribution in [2.75, 3.05) is 0 Å². The minimum Gasteiger partial charge on any atom is -0.481 e. The molecule has 1 unspecified atom stereocenters. The van der Waals surface area contributed by atoms with Gasteiger partial charge >= 0.3 is 5.97 Å². The van der Waals surface area contributed by atoms with E-state index in [1.807, 2.05) is 0 Å². The molecule has 2 nitrogen and oxygen atoms in total. The summed E-state index contributed by atoms with van der Waals surface area (Å²) < 4.78 is 0. The van der Waals surface area contributed by atoms with Gasteiger partial charge in [-0.25, -0.2) is 0 Å². The second kappa shape index (κ2) is 3.77. The third-order valence-corrected chi connectivity index (χ3v) is 5.44. The first-order valence-electron chi connectivity index (χ1n) is 6.79. The zero-order chi connectivity index (χ0) is 12.0. The highest BCUT2D eigenvalue weighted by Gasteiger charge is 2.55. The van der Waals surface area contributed by atoms with Crippen LogP contribution in [0.4, 0.5) is 0 Å². The Bertz CT molecular complexity index is 342. The van der Waals surface area contributed by atoms with Crippen LogP contribution in [0.1, 0.15) is 44.9 Å². The Kier molecular flexibility index (Phi) is 2.47. The van der Waals surface area contributed by atoms with Crippen LogP contribution in [0.2, 0.25) is 0 Å². The van der Waals surface area contributed by atoms with Crippen LogP contribution in [-0.2, 0) is 4.79 Å². The van der Waals surface area contributed by atoms with Crippen molar-refractivity contribution in [1.82, 2.24) is 0 Å². The van der Waals surface area contributed by atoms with Crippen molar-refractivity contribution < 1.29 is 9.90 Å². The van der Waals surface area contributed by atoms with Crippen LogP contribution < -0.4 is 0 Å². The Labute approximate surface area is 103 Å². The second-order valence-electron chi connectivity index (χ2n) is 6.58. The van der Waals surface area contributed by atoms with Gasteiger partial charge in [-0.1, -0.05) is 0 Å². The van der Waals surface area contributed by atoms with Crippen LogP contribution in [-0.4, -0.2) is 11.1 Å². The number of terminal acetylenes is 1. The van der Waals surface area contributed by atoms with Crippen molar-refractivity contribution in [3.05, 3.63) is 0 Å². The molecular weight excluding hydrogens is 212 g/mol. The largest absolute Gasteiger partial charge is 0.481 e. The van der Waals surface area contributed by atoms with Crippen molar-refractivity contribution in [2.45, 2.75) is 44.9 Å². The molecule has 0 spiro atoms. The van der Waals surface area contributed by atoms with Gasteiger partial charge in [0.15, 0.2) is 0 Å². The van der Waals surface area contributed by atoms with Crippen molar-refractivity contribution in [3.8, 4) is 12.3 Å². The summed E-state index contributed by atoms with van der Waals surface area (Å²) in [5, 5.41) is 9.47. The smallest absolute Gasteiger partial charge is 0.308 e. The summed E-state index contributed by atoms with van der Waals surface area (Å²) in [6.07, 6.45) is 13.2. The first-order valence-corrected chi connectivity index (χ1v) is 6.79. The molecule has 0 radical (unpaired) electrons. The number of aliphatic carboxylic acids is 1. The summed E-state index contributed by atoms with van der Waals surface area (Å²) in [5.41, 5.74) is 0.0486. The van der Waals surface area contributed by atoms with E-state index in [1.54, 1.807) is 0 Å². The fraction of sp³-hybridized carbons (Fsp3) is 0.800. The summed E-state index contributed by atoms with van der Waals surface area (Å²) in [7, 11) is 0. The van der Waals surface area contributed by atoms with Crippen molar-refractivity contribution in [2.24, 2.45) is 29.1 Å². The fourth-order valence-electron chi connectivity index (χ4n) is 5.29. The van der Waals surface area contributed by atoms with Gasteiger partial charge in [0.1, 0.15) is 0 Å². The summed E-state index contributed by atoms with van der Waals surface area (Å²) in [4.78, 5) is 11.5. The highest BCUT2D eigenvalue weighted by molar-refractivity contribution is 5.71. The summed E-state index contributed by atoms with van der Waals surface area (Å²) >= 11 is 0. The Morgan fingerprint density at radius 3 is 2.06 bits per heavy atom. The van der Waals surface area contributed by atoms with E-state index in [4.69, 9.17) is 6.42 Å². The molecule has 0 heterocycles. The average Bonchev–Trinajstić information content (AvgIpc) is 2.23. The number of rotatable bonds is 3. The Hall–Kier alpha value is -0.970. The maximum atomic E-state index is 11.5. The van der Waals surface area contributed by atoms with Crippen molar-refractivity contribution in [3.63, 3.8) is 0 Å². The SMILES string of the molecule is C#CCC(C(=O)O)C12CC3CC(CC(C3)C1)C2. The first-order chi connectivity index (χ1) is 8.13. The zero-order valence-corrected chi connectivity index (χ0v) is 10.2. The highest BCUT2D eigenvalue weighted by Crippen LogP contribution is 2.63. The minimum absolute atomic E-state index is 0.0486. The van der Waals surface area contributed by atoms with E-state index in [1.165, 1.54) is 19.3 Å². The predicted molar refractivity (Wildman–Crippen MR) is 65.2 cm³/mol. The molecule has 4 rings (SSSR count). The van der Waals surface area contributed by atoms with Gasteiger partial charge in [0, 0.05) is 6.42 Å². The molecule has 4 bridgehead atoms. The lowest BCUT2D eigenvalue weighted by atomic mass is 9.46. The molecule has 4 aliphatic carbocycles. The maximum absolute atomic E-state index is 11.5. The lowest BCUT2D eigenvalue weighted by Gasteiger charge is -2.58. The normalized spacial score (nSPS) is 44.3. The molecule has 0 aromatic heterocycles. The molecule has 0 saturated heterocycles. The van der Waals surface area contributed by atoms with Gasteiger partial charge in [0.25, 0.3) is 0 Å². The number of hydrogen-bond donors (Lipinski definition) is 1. The van der Waals surface area contributed by atoms with Gasteiger partial charge in [-0.15, -0.1) is 12.3 Å². The predicted octanol–water partition coefficient (Wildman–Crippen LogP) is 2.93. The molecule has 92 valence electrons. The molecule has 4 saturated carbocycles. The molecule has 0 amide bonds. The van der Waals surface area contributed by atoms with Gasteiger partial charge in [0.2, 0.25) is 0 Å². The van der Waals surface area contributed by atoms with Gasteiger partial charge < -0.3 is 5.11 Å². The monoisotopic (exact) mass is 232 g/mol. The summed E-state index contributed by atoms with van der Waals surface area (Å²) in [5.74, 6) is 4.02. The van der Waals surface area contributed by atoms with Crippen molar-refractivity contribution in [1.29, 1.82) is 0 Å². The zero-order valence-electron chi connectivity index (χ0n) is 10.2. The molecule has 0 aromatic rings. The highest BCUT2D eigenvalue weighted by atomic mass is 16.4. The lowest BCUT2D eigenvalue weighted by Crippen LogP contribution is -2.51. The fourth-order valence-corrected chi connectivity index (χ4v) is 5.29. The van der Waals surface area contributed by atoms with E-state index >= 15 is 0 Å². The van der Waals surface area contributed by atoms with Crippen LogP contribution in [0.15, 0.2) is 0 Å². The van der Waals surface area contributed by atoms with Crippen LogP contribution >= 0.6 is 0 Å². The van der Waals surface area contributed by atoms with Crippen LogP contribution in [0, 0.1) is 41.4 Å². The van der Waals surface area contributed by atoms with Gasteiger partial charge in [-0.05, 0) is 61.7 Å². The van der Waals surface area contributed by atoms with E-state index < -0.39 is 5.97 Å². The summed E-state index contributed by atoms with van der Waals surface area (Å²) in [6.45, 7) is 0. The molecule has 17 heavy (non-hydrogen) atoms. The quantitative estimate of drug-likeness (QED) is 0.760. The molecule has 0 aromatic carbocycles. The van der Waals surface area contributed by atoms with E-state index in [-0.39, 0.29) is 11.3 Å². The summed E-state index contributed by atoms with van der Waals surface area (Å²) in [6, 6.07) is 0. The third-order valence-electron chi connectivity index (χ3n) is 5.44. The molecule has 1 atom stereocenters. The van der Waals surface area contributed by atoms with Gasteiger partial charge in [-0.3, -0.25) is 4.79 Å². The van der Waals surface area contributed by atoms with E-state index in [0.717, 1.165) is 37.0 Å². The van der Waals surface area contributed by atoms with E-state index in [0.29, 0.717) is 6.42 Å². The number of carbonyl (C=O) groups is 1. The van der Waals surface area contributed by atoms with Gasteiger partial charge in [0.05, 0.1) is 5.92 Å². The van der Waals surface area contributed by atoms with Crippen LogP contribution in [0.5, 0.6) is 0 Å². The standard InChI is InChI=1S/C15H20O2/c1-2-3-13(14(16)17)15-7-10-4-11(8-15)6-12(5-10)9-15/h1,10-13H,3-9H2,(H,16,17). The number of carboxylic acids is 1. The molecular formula is C15H20O2. The maximum Gasteiger partial charge on any atom is 0.308 e. The number of carboxylic acid groups (broad SMARTS) is 1. The number of hydrogen-bond acceptors (Lipinski definition) is 1. The third kappa shape index (κ3) is 1.68. The Morgan fingerprint density at radius 2 is 1.71 bits per heavy atom. The van der Waals surface area contributed by atoms with E-state index in [2.05, 4.69) is 5.92 Å². The van der Waals surface area contributed by atoms with Gasteiger partial charge in [-0.2, -0.15) is 0 Å². The van der Waals surface area contributed by atoms with E-state index in [9.17, 15) is 9.90 Å². The average molecular weight is 232 g/mol. The second-order valence-corrected chi connectivity index (χ2v) is 6.58. The molecule has 4 aliphatic rings. The van der Waals surface area contributed by atoms with Crippen molar-refractivity contribution >= 4 is 5.97 Å².